The van der Waals surface area contributed by atoms with E-state index in [1.165, 1.54) is 0 Å². The Kier molecular flexibility index (Phi) is 7.19. The lowest BCUT2D eigenvalue weighted by atomic mass is 10.0. The number of amides is 3. The van der Waals surface area contributed by atoms with E-state index >= 15 is 0 Å². The first-order chi connectivity index (χ1) is 16.1. The van der Waals surface area contributed by atoms with Gasteiger partial charge in [0.15, 0.2) is 0 Å². The zero-order valence-electron chi connectivity index (χ0n) is 18.3. The second-order valence-corrected chi connectivity index (χ2v) is 8.04. The third-order valence-electron chi connectivity index (χ3n) is 5.69. The van der Waals surface area contributed by atoms with E-state index in [9.17, 15) is 14.4 Å². The van der Waals surface area contributed by atoms with E-state index in [0.717, 1.165) is 24.0 Å². The average molecular weight is 446 g/mol. The number of carbonyl (C=O) groups excluding carboxylic acids is 3. The Morgan fingerprint density at radius 2 is 1.79 bits per heavy atom. The molecule has 3 aromatic rings. The Hall–Kier alpha value is -3.87. The molecule has 0 aliphatic carbocycles. The van der Waals surface area contributed by atoms with Crippen molar-refractivity contribution in [1.82, 2.24) is 15.5 Å². The van der Waals surface area contributed by atoms with Gasteiger partial charge in [0.05, 0.1) is 12.8 Å². The topological polar surface area (TPSA) is 91.7 Å². The summed E-state index contributed by atoms with van der Waals surface area (Å²) in [6.45, 7) is 1.12. The van der Waals surface area contributed by atoms with Crippen LogP contribution in [0.25, 0.3) is 0 Å². The largest absolute Gasteiger partial charge is 0.467 e. The van der Waals surface area contributed by atoms with Crippen molar-refractivity contribution in [2.24, 2.45) is 0 Å². The molecule has 1 fully saturated rings. The summed E-state index contributed by atoms with van der Waals surface area (Å²) in [4.78, 5) is 39.9. The van der Waals surface area contributed by atoms with Crippen LogP contribution in [0.1, 0.15) is 52.5 Å². The normalized spacial score (nSPS) is 14.5. The highest BCUT2D eigenvalue weighted by molar-refractivity contribution is 5.94. The van der Waals surface area contributed by atoms with Gasteiger partial charge in [-0.3, -0.25) is 14.4 Å². The fourth-order valence-electron chi connectivity index (χ4n) is 4.00. The summed E-state index contributed by atoms with van der Waals surface area (Å²) < 4.78 is 5.23. The predicted molar refractivity (Wildman–Crippen MR) is 123 cm³/mol. The van der Waals surface area contributed by atoms with Crippen molar-refractivity contribution in [3.8, 4) is 0 Å². The Morgan fingerprint density at radius 3 is 2.55 bits per heavy atom. The van der Waals surface area contributed by atoms with Crippen molar-refractivity contribution in [3.05, 3.63) is 95.4 Å². The lowest BCUT2D eigenvalue weighted by molar-refractivity contribution is -0.142. The average Bonchev–Trinajstić information content (AvgIpc) is 3.37. The van der Waals surface area contributed by atoms with Gasteiger partial charge in [0.25, 0.3) is 5.91 Å². The number of hydrogen-bond acceptors (Lipinski definition) is 4. The smallest absolute Gasteiger partial charge is 0.251 e. The van der Waals surface area contributed by atoms with E-state index in [2.05, 4.69) is 10.6 Å². The molecule has 33 heavy (non-hydrogen) atoms. The molecule has 2 heterocycles. The minimum atomic E-state index is -0.668. The highest BCUT2D eigenvalue weighted by Gasteiger charge is 2.32. The summed E-state index contributed by atoms with van der Waals surface area (Å²) in [6, 6.07) is 19.4. The number of carbonyl (C=O) groups is 3. The first-order valence-electron chi connectivity index (χ1n) is 11.1. The quantitative estimate of drug-likeness (QED) is 0.554. The van der Waals surface area contributed by atoms with E-state index in [-0.39, 0.29) is 24.3 Å². The molecule has 1 unspecified atom stereocenters. The van der Waals surface area contributed by atoms with E-state index in [4.69, 9.17) is 4.42 Å². The maximum Gasteiger partial charge on any atom is 0.251 e. The molecule has 3 amide bonds. The Bertz CT molecular complexity index is 1100. The lowest BCUT2D eigenvalue weighted by Crippen LogP contribution is -2.45. The summed E-state index contributed by atoms with van der Waals surface area (Å²) in [5.74, 6) is 0.219. The van der Waals surface area contributed by atoms with Crippen LogP contribution in [-0.4, -0.2) is 29.2 Å². The molecule has 2 aromatic carbocycles. The Balaban J connectivity index is 1.42. The molecule has 4 rings (SSSR count). The molecule has 0 radical (unpaired) electrons. The van der Waals surface area contributed by atoms with Crippen LogP contribution >= 0.6 is 0 Å². The van der Waals surface area contributed by atoms with Crippen LogP contribution in [-0.2, 0) is 22.7 Å². The van der Waals surface area contributed by atoms with Gasteiger partial charge < -0.3 is 20.0 Å². The van der Waals surface area contributed by atoms with Gasteiger partial charge in [0.1, 0.15) is 11.8 Å². The fourth-order valence-corrected chi connectivity index (χ4v) is 4.00. The van der Waals surface area contributed by atoms with Crippen molar-refractivity contribution >= 4 is 17.7 Å². The van der Waals surface area contributed by atoms with E-state index in [1.54, 1.807) is 41.5 Å². The van der Waals surface area contributed by atoms with Crippen molar-refractivity contribution in [2.75, 3.05) is 6.54 Å². The molecule has 0 bridgehead atoms. The number of benzene rings is 2. The Labute approximate surface area is 192 Å². The molecule has 1 aliphatic rings. The van der Waals surface area contributed by atoms with E-state index in [0.29, 0.717) is 30.8 Å². The van der Waals surface area contributed by atoms with E-state index < -0.39 is 6.04 Å². The zero-order valence-corrected chi connectivity index (χ0v) is 18.3. The van der Waals surface area contributed by atoms with Crippen LogP contribution in [0, 0.1) is 0 Å². The van der Waals surface area contributed by atoms with Gasteiger partial charge in [-0.1, -0.05) is 42.5 Å². The molecule has 1 atom stereocenters. The van der Waals surface area contributed by atoms with Crippen LogP contribution in [0.4, 0.5) is 0 Å². The van der Waals surface area contributed by atoms with Gasteiger partial charge in [0.2, 0.25) is 11.8 Å². The minimum Gasteiger partial charge on any atom is -0.467 e. The van der Waals surface area contributed by atoms with Gasteiger partial charge >= 0.3 is 0 Å². The minimum absolute atomic E-state index is 0.000443. The molecule has 1 saturated heterocycles. The van der Waals surface area contributed by atoms with Gasteiger partial charge in [-0.15, -0.1) is 0 Å². The second kappa shape index (κ2) is 10.6. The molecular formula is C26H27N3O4. The van der Waals surface area contributed by atoms with Crippen molar-refractivity contribution < 1.29 is 18.8 Å². The summed E-state index contributed by atoms with van der Waals surface area (Å²) in [5, 5.41) is 5.77. The molecule has 2 N–H and O–H groups in total. The third kappa shape index (κ3) is 5.68. The summed E-state index contributed by atoms with van der Waals surface area (Å²) >= 11 is 0. The molecule has 1 aliphatic heterocycles. The highest BCUT2D eigenvalue weighted by Crippen LogP contribution is 2.26. The number of nitrogens with zero attached hydrogens (tertiary/aromatic N) is 1. The number of hydrogen-bond donors (Lipinski definition) is 2. The summed E-state index contributed by atoms with van der Waals surface area (Å²) in [7, 11) is 0. The first-order valence-corrected chi connectivity index (χ1v) is 11.1. The maximum absolute atomic E-state index is 13.2. The fraction of sp³-hybridized carbons (Fsp3) is 0.269. The predicted octanol–water partition coefficient (Wildman–Crippen LogP) is 3.58. The van der Waals surface area contributed by atoms with Crippen molar-refractivity contribution in [3.63, 3.8) is 0 Å². The molecule has 0 spiro atoms. The first kappa shape index (κ1) is 22.3. The van der Waals surface area contributed by atoms with Crippen LogP contribution < -0.4 is 10.6 Å². The maximum atomic E-state index is 13.2. The summed E-state index contributed by atoms with van der Waals surface area (Å²) in [6.07, 6.45) is 3.77. The molecule has 7 nitrogen and oxygen atoms in total. The van der Waals surface area contributed by atoms with Crippen LogP contribution in [0.3, 0.4) is 0 Å². The van der Waals surface area contributed by atoms with E-state index in [1.807, 2.05) is 36.4 Å². The molecule has 7 heteroatoms. The SMILES string of the molecule is O=C(NCc1ccco1)c1cccc(CNC(=O)C(c2ccccc2)N2CCCCC2=O)c1. The molecular weight excluding hydrogens is 418 g/mol. The van der Waals surface area contributed by atoms with Crippen LogP contribution in [0.5, 0.6) is 0 Å². The third-order valence-corrected chi connectivity index (χ3v) is 5.69. The molecule has 1 aromatic heterocycles. The number of furan rings is 1. The Morgan fingerprint density at radius 1 is 0.939 bits per heavy atom. The van der Waals surface area contributed by atoms with Crippen LogP contribution in [0.15, 0.2) is 77.4 Å². The standard InChI is InChI=1S/C26H27N3O4/c30-23-13-4-5-14-29(23)24(20-9-2-1-3-10-20)26(32)27-17-19-8-6-11-21(16-19)25(31)28-18-22-12-7-15-33-22/h1-3,6-12,15-16,24H,4-5,13-14,17-18H2,(H,27,32)(H,28,31). The molecule has 0 saturated carbocycles. The van der Waals surface area contributed by atoms with Crippen molar-refractivity contribution in [1.29, 1.82) is 0 Å². The van der Waals surface area contributed by atoms with Gasteiger partial charge in [-0.2, -0.15) is 0 Å². The number of nitrogens with one attached hydrogen (secondary N) is 2. The number of piperidine rings is 1. The number of rotatable bonds is 8. The van der Waals surface area contributed by atoms with Gasteiger partial charge in [-0.05, 0) is 48.2 Å². The van der Waals surface area contributed by atoms with Gasteiger partial charge in [0, 0.05) is 25.1 Å². The van der Waals surface area contributed by atoms with Crippen molar-refractivity contribution in [2.45, 2.75) is 38.4 Å². The van der Waals surface area contributed by atoms with Gasteiger partial charge in [-0.25, -0.2) is 0 Å². The van der Waals surface area contributed by atoms with Crippen LogP contribution in [0.2, 0.25) is 0 Å². The monoisotopic (exact) mass is 445 g/mol. The highest BCUT2D eigenvalue weighted by atomic mass is 16.3. The zero-order chi connectivity index (χ0) is 23.0. The molecule has 170 valence electrons. The lowest BCUT2D eigenvalue weighted by Gasteiger charge is -2.34. The number of likely N-dealkylation sites (tertiary alicyclic amines) is 1. The second-order valence-electron chi connectivity index (χ2n) is 8.04. The summed E-state index contributed by atoms with van der Waals surface area (Å²) in [5.41, 5.74) is 2.08.